The summed E-state index contributed by atoms with van der Waals surface area (Å²) < 4.78 is 28.1. The first-order valence-electron chi connectivity index (χ1n) is 5.40. The second-order valence-electron chi connectivity index (χ2n) is 3.85. The summed E-state index contributed by atoms with van der Waals surface area (Å²) in [5.74, 6) is -1.07. The molecule has 3 aromatic rings. The average molecular weight is 256 g/mol. The molecule has 0 saturated carbocycles. The number of para-hydroxylation sites is 1. The third kappa shape index (κ3) is 1.72. The van der Waals surface area contributed by atoms with Gasteiger partial charge in [-0.25, -0.2) is 18.4 Å². The Labute approximate surface area is 106 Å². The van der Waals surface area contributed by atoms with Gasteiger partial charge < -0.3 is 0 Å². The van der Waals surface area contributed by atoms with Gasteiger partial charge in [0.1, 0.15) is 23.4 Å². The predicted molar refractivity (Wildman–Crippen MR) is 63.5 cm³/mol. The van der Waals surface area contributed by atoms with E-state index in [-0.39, 0.29) is 22.4 Å². The van der Waals surface area contributed by atoms with E-state index in [1.54, 1.807) is 12.1 Å². The van der Waals surface area contributed by atoms with Crippen molar-refractivity contribution in [3.8, 4) is 11.8 Å². The van der Waals surface area contributed by atoms with E-state index in [1.807, 2.05) is 6.07 Å². The number of nitriles is 1. The lowest BCUT2D eigenvalue weighted by Crippen LogP contribution is -2.00. The number of benzene rings is 1. The Bertz CT molecular complexity index is 817. The number of hydrogen-bond acceptors (Lipinski definition) is 3. The highest BCUT2D eigenvalue weighted by Crippen LogP contribution is 2.22. The maximum atomic E-state index is 13.8. The lowest BCUT2D eigenvalue weighted by molar-refractivity contribution is 0.611. The standard InChI is InChI=1S/C13H6F2N4/c14-8-5-9-11(6-16)18-19(13(9)17-7-8)12-4-2-1-3-10(12)15/h1-5,7H. The van der Waals surface area contributed by atoms with E-state index in [2.05, 4.69) is 10.1 Å². The molecule has 0 atom stereocenters. The molecule has 4 nitrogen and oxygen atoms in total. The van der Waals surface area contributed by atoms with Crippen molar-refractivity contribution in [1.29, 1.82) is 5.26 Å². The minimum absolute atomic E-state index is 0.00486. The van der Waals surface area contributed by atoms with Crippen molar-refractivity contribution in [3.05, 3.63) is 53.9 Å². The van der Waals surface area contributed by atoms with Crippen molar-refractivity contribution in [2.45, 2.75) is 0 Å². The highest BCUT2D eigenvalue weighted by molar-refractivity contribution is 5.82. The summed E-state index contributed by atoms with van der Waals surface area (Å²) in [6, 6.07) is 8.97. The molecule has 0 aliphatic rings. The number of hydrogen-bond donors (Lipinski definition) is 0. The molecule has 2 heterocycles. The van der Waals surface area contributed by atoms with Crippen LogP contribution in [0.4, 0.5) is 8.78 Å². The van der Waals surface area contributed by atoms with E-state index in [9.17, 15) is 8.78 Å². The molecule has 19 heavy (non-hydrogen) atoms. The first-order valence-corrected chi connectivity index (χ1v) is 5.40. The minimum atomic E-state index is -0.572. The minimum Gasteiger partial charge on any atom is -0.233 e. The van der Waals surface area contributed by atoms with Gasteiger partial charge in [0, 0.05) is 0 Å². The van der Waals surface area contributed by atoms with Gasteiger partial charge in [0.15, 0.2) is 11.3 Å². The molecule has 0 radical (unpaired) electrons. The molecule has 1 aromatic carbocycles. The van der Waals surface area contributed by atoms with Gasteiger partial charge in [-0.05, 0) is 18.2 Å². The highest BCUT2D eigenvalue weighted by Gasteiger charge is 2.15. The van der Waals surface area contributed by atoms with Crippen LogP contribution < -0.4 is 0 Å². The van der Waals surface area contributed by atoms with Crippen LogP contribution in [-0.4, -0.2) is 14.8 Å². The van der Waals surface area contributed by atoms with E-state index in [0.29, 0.717) is 0 Å². The molecule has 0 N–H and O–H groups in total. The van der Waals surface area contributed by atoms with Crippen LogP contribution in [0.25, 0.3) is 16.7 Å². The predicted octanol–water partition coefficient (Wildman–Crippen LogP) is 2.57. The molecule has 3 rings (SSSR count). The van der Waals surface area contributed by atoms with Crippen molar-refractivity contribution >= 4 is 11.0 Å². The second kappa shape index (κ2) is 4.14. The quantitative estimate of drug-likeness (QED) is 0.672. The van der Waals surface area contributed by atoms with E-state index in [4.69, 9.17) is 5.26 Å². The lowest BCUT2D eigenvalue weighted by Gasteiger charge is -2.03. The largest absolute Gasteiger partial charge is 0.233 e. The van der Waals surface area contributed by atoms with Gasteiger partial charge >= 0.3 is 0 Å². The van der Waals surface area contributed by atoms with Crippen molar-refractivity contribution in [1.82, 2.24) is 14.8 Å². The van der Waals surface area contributed by atoms with Crippen LogP contribution >= 0.6 is 0 Å². The Kier molecular flexibility index (Phi) is 2.46. The summed E-state index contributed by atoms with van der Waals surface area (Å²) in [6.45, 7) is 0. The molecule has 6 heteroatoms. The first-order chi connectivity index (χ1) is 9.20. The number of rotatable bonds is 1. The fourth-order valence-corrected chi connectivity index (χ4v) is 1.85. The molecule has 0 amide bonds. The maximum absolute atomic E-state index is 13.8. The van der Waals surface area contributed by atoms with Crippen LogP contribution in [0, 0.1) is 23.0 Å². The maximum Gasteiger partial charge on any atom is 0.172 e. The van der Waals surface area contributed by atoms with Crippen LogP contribution in [0.3, 0.4) is 0 Å². The lowest BCUT2D eigenvalue weighted by atomic mass is 10.2. The number of halogens is 2. The van der Waals surface area contributed by atoms with E-state index >= 15 is 0 Å². The molecular weight excluding hydrogens is 250 g/mol. The third-order valence-corrected chi connectivity index (χ3v) is 2.68. The molecule has 0 bridgehead atoms. The number of aromatic nitrogens is 3. The summed E-state index contributed by atoms with van der Waals surface area (Å²) >= 11 is 0. The number of nitrogens with zero attached hydrogens (tertiary/aromatic N) is 4. The molecule has 0 aliphatic carbocycles. The van der Waals surface area contributed by atoms with Crippen LogP contribution in [0.5, 0.6) is 0 Å². The van der Waals surface area contributed by atoms with Gasteiger partial charge in [0.05, 0.1) is 11.6 Å². The van der Waals surface area contributed by atoms with Gasteiger partial charge in [0.2, 0.25) is 0 Å². The Morgan fingerprint density at radius 1 is 1.21 bits per heavy atom. The fraction of sp³-hybridized carbons (Fsp3) is 0. The zero-order chi connectivity index (χ0) is 13.4. The van der Waals surface area contributed by atoms with E-state index in [0.717, 1.165) is 12.3 Å². The smallest absolute Gasteiger partial charge is 0.172 e. The highest BCUT2D eigenvalue weighted by atomic mass is 19.1. The van der Waals surface area contributed by atoms with Crippen molar-refractivity contribution in [2.24, 2.45) is 0 Å². The molecule has 0 aliphatic heterocycles. The Balaban J connectivity index is 2.38. The van der Waals surface area contributed by atoms with Crippen molar-refractivity contribution < 1.29 is 8.78 Å². The van der Waals surface area contributed by atoms with Gasteiger partial charge in [-0.15, -0.1) is 0 Å². The van der Waals surface area contributed by atoms with Crippen molar-refractivity contribution in [2.75, 3.05) is 0 Å². The van der Waals surface area contributed by atoms with Crippen LogP contribution in [0.2, 0.25) is 0 Å². The van der Waals surface area contributed by atoms with Crippen LogP contribution in [0.15, 0.2) is 36.5 Å². The molecule has 0 unspecified atom stereocenters. The zero-order valence-electron chi connectivity index (χ0n) is 9.51. The summed E-state index contributed by atoms with van der Waals surface area (Å²) in [6.07, 6.45) is 1.00. The van der Waals surface area contributed by atoms with Gasteiger partial charge in [-0.3, -0.25) is 0 Å². The molecular formula is C13H6F2N4. The Morgan fingerprint density at radius 3 is 2.74 bits per heavy atom. The van der Waals surface area contributed by atoms with E-state index in [1.165, 1.54) is 16.8 Å². The zero-order valence-corrected chi connectivity index (χ0v) is 9.51. The monoisotopic (exact) mass is 256 g/mol. The summed E-state index contributed by atoms with van der Waals surface area (Å²) in [5.41, 5.74) is 0.404. The first kappa shape index (κ1) is 11.3. The normalized spacial score (nSPS) is 10.6. The van der Waals surface area contributed by atoms with Crippen molar-refractivity contribution in [3.63, 3.8) is 0 Å². The van der Waals surface area contributed by atoms with E-state index < -0.39 is 11.6 Å². The van der Waals surface area contributed by atoms with Gasteiger partial charge in [-0.1, -0.05) is 12.1 Å². The molecule has 92 valence electrons. The van der Waals surface area contributed by atoms with Gasteiger partial charge in [0.25, 0.3) is 0 Å². The Morgan fingerprint density at radius 2 is 2.00 bits per heavy atom. The summed E-state index contributed by atoms with van der Waals surface area (Å²) in [4.78, 5) is 3.87. The third-order valence-electron chi connectivity index (χ3n) is 2.68. The second-order valence-corrected chi connectivity index (χ2v) is 3.85. The summed E-state index contributed by atoms with van der Waals surface area (Å²) in [5, 5.41) is 13.2. The Hall–Kier alpha value is -2.81. The molecule has 2 aromatic heterocycles. The van der Waals surface area contributed by atoms with Crippen LogP contribution in [0.1, 0.15) is 5.69 Å². The SMILES string of the molecule is N#Cc1nn(-c2ccccc2F)c2ncc(F)cc12. The van der Waals surface area contributed by atoms with Crippen LogP contribution in [-0.2, 0) is 0 Å². The molecule has 0 fully saturated rings. The molecule has 0 spiro atoms. The average Bonchev–Trinajstić information content (AvgIpc) is 2.77. The fourth-order valence-electron chi connectivity index (χ4n) is 1.85. The van der Waals surface area contributed by atoms with Gasteiger partial charge in [-0.2, -0.15) is 10.4 Å². The topological polar surface area (TPSA) is 54.5 Å². The number of pyridine rings is 1. The molecule has 0 saturated heterocycles. The summed E-state index contributed by atoms with van der Waals surface area (Å²) in [7, 11) is 0. The number of fused-ring (bicyclic) bond motifs is 1.